The summed E-state index contributed by atoms with van der Waals surface area (Å²) in [6.07, 6.45) is 0. The molecule has 1 aromatic rings. The predicted octanol–water partition coefficient (Wildman–Crippen LogP) is 1.30. The summed E-state index contributed by atoms with van der Waals surface area (Å²) in [5, 5.41) is 9.13. The number of thioether (sulfide) groups is 1. The Morgan fingerprint density at radius 3 is 2.70 bits per heavy atom. The molecule has 1 fully saturated rings. The van der Waals surface area contributed by atoms with Gasteiger partial charge in [-0.3, -0.25) is 4.79 Å². The molecule has 1 aliphatic heterocycles. The molecule has 1 saturated heterocycles. The molecule has 0 spiro atoms. The van der Waals surface area contributed by atoms with Gasteiger partial charge < -0.3 is 19.5 Å². The van der Waals surface area contributed by atoms with E-state index in [1.165, 1.54) is 30.9 Å². The molecule has 2 rings (SSSR count). The van der Waals surface area contributed by atoms with Crippen LogP contribution in [0.5, 0.6) is 11.5 Å². The zero-order chi connectivity index (χ0) is 14.7. The molecule has 108 valence electrons. The quantitative estimate of drug-likeness (QED) is 0.903. The SMILES string of the molecule is COc1ccc(C(=O)N2CSC[C@H]2C(=O)O)c(OC)c1. The number of carboxylic acids is 1. The Kier molecular flexibility index (Phi) is 4.39. The van der Waals surface area contributed by atoms with Crippen molar-refractivity contribution >= 4 is 23.6 Å². The molecular weight excluding hydrogens is 282 g/mol. The number of rotatable bonds is 4. The Bertz CT molecular complexity index is 533. The van der Waals surface area contributed by atoms with Gasteiger partial charge in [0.2, 0.25) is 0 Å². The van der Waals surface area contributed by atoms with E-state index >= 15 is 0 Å². The van der Waals surface area contributed by atoms with Crippen molar-refractivity contribution < 1.29 is 24.2 Å². The van der Waals surface area contributed by atoms with Crippen LogP contribution in [-0.4, -0.2) is 53.8 Å². The first kappa shape index (κ1) is 14.5. The van der Waals surface area contributed by atoms with E-state index in [9.17, 15) is 9.59 Å². The van der Waals surface area contributed by atoms with E-state index in [4.69, 9.17) is 14.6 Å². The van der Waals surface area contributed by atoms with Crippen LogP contribution in [0.3, 0.4) is 0 Å². The van der Waals surface area contributed by atoms with Gasteiger partial charge in [-0.25, -0.2) is 4.79 Å². The van der Waals surface area contributed by atoms with E-state index in [0.29, 0.717) is 28.7 Å². The number of amides is 1. The van der Waals surface area contributed by atoms with Gasteiger partial charge in [-0.15, -0.1) is 11.8 Å². The number of ether oxygens (including phenoxy) is 2. The summed E-state index contributed by atoms with van der Waals surface area (Å²) in [5.74, 6) is 0.377. The highest BCUT2D eigenvalue weighted by Crippen LogP contribution is 2.29. The molecule has 0 unspecified atom stereocenters. The molecule has 0 aliphatic carbocycles. The zero-order valence-corrected chi connectivity index (χ0v) is 12.0. The lowest BCUT2D eigenvalue weighted by Gasteiger charge is -2.21. The van der Waals surface area contributed by atoms with Gasteiger partial charge in [0.05, 0.1) is 25.7 Å². The molecule has 0 radical (unpaired) electrons. The molecule has 1 amide bonds. The van der Waals surface area contributed by atoms with E-state index in [1.54, 1.807) is 18.2 Å². The van der Waals surface area contributed by atoms with Crippen LogP contribution in [0, 0.1) is 0 Å². The van der Waals surface area contributed by atoms with Gasteiger partial charge >= 0.3 is 5.97 Å². The first-order chi connectivity index (χ1) is 9.58. The first-order valence-electron chi connectivity index (χ1n) is 5.92. The zero-order valence-electron chi connectivity index (χ0n) is 11.2. The molecule has 0 aromatic heterocycles. The van der Waals surface area contributed by atoms with Crippen LogP contribution in [0.2, 0.25) is 0 Å². The van der Waals surface area contributed by atoms with Crippen LogP contribution in [-0.2, 0) is 4.79 Å². The molecule has 1 N–H and O–H groups in total. The Labute approximate surface area is 120 Å². The Morgan fingerprint density at radius 2 is 2.10 bits per heavy atom. The molecule has 1 aliphatic rings. The second kappa shape index (κ2) is 6.04. The van der Waals surface area contributed by atoms with Gasteiger partial charge in [-0.2, -0.15) is 0 Å². The number of benzene rings is 1. The summed E-state index contributed by atoms with van der Waals surface area (Å²) >= 11 is 1.42. The third-order valence-corrected chi connectivity index (χ3v) is 4.08. The summed E-state index contributed by atoms with van der Waals surface area (Å²) in [6.45, 7) is 0. The topological polar surface area (TPSA) is 76.1 Å². The van der Waals surface area contributed by atoms with E-state index in [-0.39, 0.29) is 5.91 Å². The number of hydrogen-bond donors (Lipinski definition) is 1. The Morgan fingerprint density at radius 1 is 1.35 bits per heavy atom. The second-order valence-electron chi connectivity index (χ2n) is 4.20. The fraction of sp³-hybridized carbons (Fsp3) is 0.385. The lowest BCUT2D eigenvalue weighted by Crippen LogP contribution is -2.41. The lowest BCUT2D eigenvalue weighted by atomic mass is 10.1. The lowest BCUT2D eigenvalue weighted by molar-refractivity contribution is -0.140. The van der Waals surface area contributed by atoms with E-state index in [2.05, 4.69) is 0 Å². The van der Waals surface area contributed by atoms with Crippen LogP contribution >= 0.6 is 11.8 Å². The molecule has 6 nitrogen and oxygen atoms in total. The highest BCUT2D eigenvalue weighted by atomic mass is 32.2. The van der Waals surface area contributed by atoms with E-state index < -0.39 is 12.0 Å². The predicted molar refractivity (Wildman–Crippen MR) is 74.5 cm³/mol. The normalized spacial score (nSPS) is 17.9. The van der Waals surface area contributed by atoms with Crippen molar-refractivity contribution in [2.24, 2.45) is 0 Å². The van der Waals surface area contributed by atoms with Gasteiger partial charge in [0.25, 0.3) is 5.91 Å². The maximum atomic E-state index is 12.5. The maximum Gasteiger partial charge on any atom is 0.327 e. The molecule has 1 heterocycles. The van der Waals surface area contributed by atoms with E-state index in [0.717, 1.165) is 0 Å². The van der Waals surface area contributed by atoms with Gasteiger partial charge in [0, 0.05) is 11.8 Å². The molecule has 7 heteroatoms. The summed E-state index contributed by atoms with van der Waals surface area (Å²) in [4.78, 5) is 25.0. The number of methoxy groups -OCH3 is 2. The summed E-state index contributed by atoms with van der Waals surface area (Å²) in [7, 11) is 2.98. The molecule has 20 heavy (non-hydrogen) atoms. The highest BCUT2D eigenvalue weighted by Gasteiger charge is 2.36. The fourth-order valence-electron chi connectivity index (χ4n) is 1.98. The minimum Gasteiger partial charge on any atom is -0.497 e. The minimum absolute atomic E-state index is 0.335. The summed E-state index contributed by atoms with van der Waals surface area (Å²) in [6, 6.07) is 4.04. The van der Waals surface area contributed by atoms with Crippen molar-refractivity contribution in [1.29, 1.82) is 0 Å². The van der Waals surface area contributed by atoms with Crippen molar-refractivity contribution in [3.05, 3.63) is 23.8 Å². The number of aliphatic carboxylic acids is 1. The monoisotopic (exact) mass is 297 g/mol. The summed E-state index contributed by atoms with van der Waals surface area (Å²) in [5.41, 5.74) is 0.335. The van der Waals surface area contributed by atoms with Crippen LogP contribution in [0.4, 0.5) is 0 Å². The molecule has 0 saturated carbocycles. The summed E-state index contributed by atoms with van der Waals surface area (Å²) < 4.78 is 10.3. The average molecular weight is 297 g/mol. The smallest absolute Gasteiger partial charge is 0.327 e. The van der Waals surface area contributed by atoms with Crippen LogP contribution in [0.25, 0.3) is 0 Å². The van der Waals surface area contributed by atoms with Crippen molar-refractivity contribution in [1.82, 2.24) is 4.90 Å². The van der Waals surface area contributed by atoms with E-state index in [1.807, 2.05) is 0 Å². The molecule has 1 aromatic carbocycles. The van der Waals surface area contributed by atoms with Crippen molar-refractivity contribution in [2.45, 2.75) is 6.04 Å². The van der Waals surface area contributed by atoms with Gasteiger partial charge in [-0.05, 0) is 12.1 Å². The van der Waals surface area contributed by atoms with Crippen LogP contribution in [0.15, 0.2) is 18.2 Å². The number of carboxylic acid groups (broad SMARTS) is 1. The van der Waals surface area contributed by atoms with Crippen LogP contribution in [0.1, 0.15) is 10.4 Å². The molecular formula is C13H15NO5S. The molecule has 0 bridgehead atoms. The third kappa shape index (κ3) is 2.67. The largest absolute Gasteiger partial charge is 0.497 e. The standard InChI is InChI=1S/C13H15NO5S/c1-18-8-3-4-9(11(5-8)19-2)12(15)14-7-20-6-10(14)13(16)17/h3-5,10H,6-7H2,1-2H3,(H,16,17)/t10-/m0/s1. The van der Waals surface area contributed by atoms with Crippen molar-refractivity contribution in [3.63, 3.8) is 0 Å². The third-order valence-electron chi connectivity index (χ3n) is 3.07. The Hall–Kier alpha value is -1.89. The number of carbonyl (C=O) groups is 2. The second-order valence-corrected chi connectivity index (χ2v) is 5.19. The van der Waals surface area contributed by atoms with Gasteiger partial charge in [-0.1, -0.05) is 0 Å². The average Bonchev–Trinajstić information content (AvgIpc) is 2.95. The van der Waals surface area contributed by atoms with Crippen molar-refractivity contribution in [2.75, 3.05) is 25.8 Å². The number of carbonyl (C=O) groups excluding carboxylic acids is 1. The fourth-order valence-corrected chi connectivity index (χ4v) is 3.12. The number of hydrogen-bond acceptors (Lipinski definition) is 5. The van der Waals surface area contributed by atoms with Gasteiger partial charge in [0.15, 0.2) is 0 Å². The maximum absolute atomic E-state index is 12.5. The van der Waals surface area contributed by atoms with Crippen molar-refractivity contribution in [3.8, 4) is 11.5 Å². The molecule has 1 atom stereocenters. The minimum atomic E-state index is -0.990. The first-order valence-corrected chi connectivity index (χ1v) is 7.07. The number of nitrogens with zero attached hydrogens (tertiary/aromatic N) is 1. The van der Waals surface area contributed by atoms with Gasteiger partial charge in [0.1, 0.15) is 17.5 Å². The van der Waals surface area contributed by atoms with Crippen LogP contribution < -0.4 is 9.47 Å². The Balaban J connectivity index is 2.31. The highest BCUT2D eigenvalue weighted by molar-refractivity contribution is 7.99.